The van der Waals surface area contributed by atoms with Crippen LogP contribution in [0.2, 0.25) is 0 Å². The smallest absolute Gasteiger partial charge is 0.550 e. The third-order valence-electron chi connectivity index (χ3n) is 0.539. The van der Waals surface area contributed by atoms with Crippen LogP contribution in [0.15, 0.2) is 0 Å². The van der Waals surface area contributed by atoms with E-state index in [2.05, 4.69) is 12.6 Å². The summed E-state index contributed by atoms with van der Waals surface area (Å²) in [5, 5.41) is 9.61. The van der Waals surface area contributed by atoms with E-state index in [1.165, 1.54) is 0 Å². The summed E-state index contributed by atoms with van der Waals surface area (Å²) in [7, 11) is 0. The molecule has 0 saturated heterocycles. The van der Waals surface area contributed by atoms with E-state index in [0.717, 1.165) is 0 Å². The molecular formula is C4H7NaO2S. The maximum atomic E-state index is 9.61. The van der Waals surface area contributed by atoms with Crippen molar-refractivity contribution in [3.05, 3.63) is 0 Å². The number of carbonyl (C=O) groups is 1. The van der Waals surface area contributed by atoms with E-state index < -0.39 is 5.97 Å². The molecule has 0 aromatic rings. The molecule has 0 atom stereocenters. The van der Waals surface area contributed by atoms with Gasteiger partial charge in [-0.15, -0.1) is 0 Å². The average molecular weight is 142 g/mol. The fourth-order valence-corrected chi connectivity index (χ4v) is 0.382. The van der Waals surface area contributed by atoms with E-state index in [4.69, 9.17) is 0 Å². The summed E-state index contributed by atoms with van der Waals surface area (Å²) in [5.74, 6) is -0.373. The van der Waals surface area contributed by atoms with Crippen LogP contribution in [-0.4, -0.2) is 11.7 Å². The zero-order valence-corrected chi connectivity index (χ0v) is 7.78. The van der Waals surface area contributed by atoms with Crippen molar-refractivity contribution in [2.75, 3.05) is 5.75 Å². The number of carboxylic acids is 1. The molecule has 42 valence electrons. The van der Waals surface area contributed by atoms with E-state index in [0.29, 0.717) is 12.2 Å². The van der Waals surface area contributed by atoms with Crippen molar-refractivity contribution in [3.63, 3.8) is 0 Å². The first-order valence-electron chi connectivity index (χ1n) is 2.08. The summed E-state index contributed by atoms with van der Waals surface area (Å²) in [6, 6.07) is 0. The van der Waals surface area contributed by atoms with Gasteiger partial charge in [0.25, 0.3) is 0 Å². The predicted molar refractivity (Wildman–Crippen MR) is 28.1 cm³/mol. The molecule has 0 aromatic heterocycles. The number of hydrogen-bond acceptors (Lipinski definition) is 3. The minimum absolute atomic E-state index is 0. The second kappa shape index (κ2) is 7.82. The summed E-state index contributed by atoms with van der Waals surface area (Å²) in [5.41, 5.74) is 0. The van der Waals surface area contributed by atoms with Gasteiger partial charge in [-0.25, -0.2) is 0 Å². The second-order valence-electron chi connectivity index (χ2n) is 1.20. The van der Waals surface area contributed by atoms with Crippen molar-refractivity contribution in [3.8, 4) is 0 Å². The Balaban J connectivity index is 0. The molecule has 0 spiro atoms. The van der Waals surface area contributed by atoms with Gasteiger partial charge in [0.15, 0.2) is 0 Å². The summed E-state index contributed by atoms with van der Waals surface area (Å²) in [6.07, 6.45) is 0.731. The molecule has 0 unspecified atom stereocenters. The number of hydrogen-bond donors (Lipinski definition) is 1. The summed E-state index contributed by atoms with van der Waals surface area (Å²) in [4.78, 5) is 9.61. The maximum absolute atomic E-state index is 9.61. The molecular weight excluding hydrogens is 135 g/mol. The first kappa shape index (κ1) is 11.6. The largest absolute Gasteiger partial charge is 1.00 e. The zero-order chi connectivity index (χ0) is 5.70. The van der Waals surface area contributed by atoms with Gasteiger partial charge in [0.05, 0.1) is 0 Å². The Morgan fingerprint density at radius 1 is 1.62 bits per heavy atom. The van der Waals surface area contributed by atoms with Gasteiger partial charge in [0.1, 0.15) is 0 Å². The average Bonchev–Trinajstić information content (AvgIpc) is 1.61. The Bertz CT molecular complexity index is 67.1. The monoisotopic (exact) mass is 142 g/mol. The minimum Gasteiger partial charge on any atom is -0.550 e. The SMILES string of the molecule is O=C([O-])CCCS.[Na+]. The van der Waals surface area contributed by atoms with E-state index in [9.17, 15) is 9.90 Å². The third-order valence-corrected chi connectivity index (χ3v) is 0.855. The van der Waals surface area contributed by atoms with Crippen LogP contribution in [0.25, 0.3) is 0 Å². The normalized spacial score (nSPS) is 7.62. The number of carboxylic acid groups (broad SMARTS) is 1. The molecule has 0 fully saturated rings. The van der Waals surface area contributed by atoms with Gasteiger partial charge in [-0.2, -0.15) is 12.6 Å². The first-order valence-corrected chi connectivity index (χ1v) is 2.71. The van der Waals surface area contributed by atoms with Crippen LogP contribution in [0.5, 0.6) is 0 Å². The van der Waals surface area contributed by atoms with Crippen LogP contribution >= 0.6 is 12.6 Å². The van der Waals surface area contributed by atoms with Crippen LogP contribution in [0, 0.1) is 0 Å². The van der Waals surface area contributed by atoms with E-state index in [-0.39, 0.29) is 36.0 Å². The van der Waals surface area contributed by atoms with Crippen molar-refractivity contribution >= 4 is 18.6 Å². The first-order chi connectivity index (χ1) is 3.27. The molecule has 0 aliphatic rings. The van der Waals surface area contributed by atoms with Gasteiger partial charge in [0, 0.05) is 5.97 Å². The molecule has 2 nitrogen and oxygen atoms in total. The standard InChI is InChI=1S/C4H8O2S.Na/c5-4(6)2-1-3-7;/h7H,1-3H2,(H,5,6);/q;+1/p-1. The van der Waals surface area contributed by atoms with Crippen molar-refractivity contribution in [2.45, 2.75) is 12.8 Å². The van der Waals surface area contributed by atoms with Crippen LogP contribution in [0.1, 0.15) is 12.8 Å². The maximum Gasteiger partial charge on any atom is 1.00 e. The Labute approximate surface area is 76.4 Å². The van der Waals surface area contributed by atoms with Gasteiger partial charge < -0.3 is 9.90 Å². The molecule has 0 aliphatic heterocycles. The molecule has 0 heterocycles. The second-order valence-corrected chi connectivity index (χ2v) is 1.65. The predicted octanol–water partition coefficient (Wildman–Crippen LogP) is -3.55. The minimum atomic E-state index is -0.992. The number of carbonyl (C=O) groups excluding carboxylic acids is 1. The summed E-state index contributed by atoms with van der Waals surface area (Å²) in [6.45, 7) is 0. The quantitative estimate of drug-likeness (QED) is 0.327. The van der Waals surface area contributed by atoms with Crippen LogP contribution < -0.4 is 34.7 Å². The molecule has 0 rings (SSSR count). The molecule has 0 radical (unpaired) electrons. The van der Waals surface area contributed by atoms with Gasteiger partial charge >= 0.3 is 29.6 Å². The Hall–Kier alpha value is 0.820. The Morgan fingerprint density at radius 2 is 2.12 bits per heavy atom. The molecule has 0 N–H and O–H groups in total. The van der Waals surface area contributed by atoms with E-state index in [1.54, 1.807) is 0 Å². The Morgan fingerprint density at radius 3 is 2.25 bits per heavy atom. The summed E-state index contributed by atoms with van der Waals surface area (Å²) < 4.78 is 0. The van der Waals surface area contributed by atoms with Crippen molar-refractivity contribution in [1.82, 2.24) is 0 Å². The Kier molecular flexibility index (Phi) is 11.3. The van der Waals surface area contributed by atoms with E-state index >= 15 is 0 Å². The fraction of sp³-hybridized carbons (Fsp3) is 0.750. The van der Waals surface area contributed by atoms with Crippen LogP contribution in [-0.2, 0) is 4.79 Å². The van der Waals surface area contributed by atoms with Crippen LogP contribution in [0.4, 0.5) is 0 Å². The molecule has 0 saturated carbocycles. The van der Waals surface area contributed by atoms with Crippen molar-refractivity contribution in [1.29, 1.82) is 0 Å². The zero-order valence-electron chi connectivity index (χ0n) is 4.89. The fourth-order valence-electron chi connectivity index (χ4n) is 0.223. The molecule has 8 heavy (non-hydrogen) atoms. The van der Waals surface area contributed by atoms with E-state index in [1.807, 2.05) is 0 Å². The molecule has 0 aliphatic carbocycles. The van der Waals surface area contributed by atoms with Gasteiger partial charge in [0.2, 0.25) is 0 Å². The van der Waals surface area contributed by atoms with Crippen LogP contribution in [0.3, 0.4) is 0 Å². The molecule has 0 bridgehead atoms. The van der Waals surface area contributed by atoms with Gasteiger partial charge in [-0.05, 0) is 18.6 Å². The molecule has 0 aromatic carbocycles. The third kappa shape index (κ3) is 9.94. The number of aliphatic carboxylic acids is 1. The van der Waals surface area contributed by atoms with Crippen molar-refractivity contribution < 1.29 is 39.5 Å². The summed E-state index contributed by atoms with van der Waals surface area (Å²) >= 11 is 3.80. The topological polar surface area (TPSA) is 40.1 Å². The van der Waals surface area contributed by atoms with Gasteiger partial charge in [-0.1, -0.05) is 0 Å². The number of thiol groups is 1. The van der Waals surface area contributed by atoms with Crippen molar-refractivity contribution in [2.24, 2.45) is 0 Å². The molecule has 4 heteroatoms. The van der Waals surface area contributed by atoms with Gasteiger partial charge in [-0.3, -0.25) is 0 Å². The molecule has 0 amide bonds. The number of rotatable bonds is 3.